The number of phenols is 1. The molecule has 0 spiro atoms. The molecule has 0 aliphatic heterocycles. The van der Waals surface area contributed by atoms with Gasteiger partial charge in [-0.25, -0.2) is 8.78 Å². The first kappa shape index (κ1) is 10.9. The van der Waals surface area contributed by atoms with Gasteiger partial charge in [0.1, 0.15) is 0 Å². The van der Waals surface area contributed by atoms with Crippen molar-refractivity contribution in [1.29, 1.82) is 0 Å². The van der Waals surface area contributed by atoms with E-state index in [1.54, 1.807) is 17.6 Å². The van der Waals surface area contributed by atoms with E-state index >= 15 is 0 Å². The Hall–Kier alpha value is -1.58. The smallest absolute Gasteiger partial charge is 0.174 e. The molecule has 0 aliphatic rings. The molecule has 0 atom stereocenters. The lowest BCUT2D eigenvalue weighted by Gasteiger charge is -2.12. The number of aryl methyl sites for hydroxylation is 1. The maximum Gasteiger partial charge on any atom is 0.174 e. The first-order valence-electron chi connectivity index (χ1n) is 5.12. The van der Waals surface area contributed by atoms with E-state index in [0.717, 1.165) is 11.8 Å². The van der Waals surface area contributed by atoms with Gasteiger partial charge in [0.15, 0.2) is 17.4 Å². The van der Waals surface area contributed by atoms with Gasteiger partial charge in [-0.15, -0.1) is 0 Å². The number of halogens is 2. The predicted octanol–water partition coefficient (Wildman–Crippen LogP) is 3.51. The van der Waals surface area contributed by atoms with Gasteiger partial charge in [0, 0.05) is 23.2 Å². The van der Waals surface area contributed by atoms with E-state index in [4.69, 9.17) is 0 Å². The molecule has 0 aliphatic carbocycles. The third-order valence-corrected chi connectivity index (χ3v) is 2.70. The second-order valence-corrected chi connectivity index (χ2v) is 4.20. The van der Waals surface area contributed by atoms with Crippen molar-refractivity contribution in [2.24, 2.45) is 0 Å². The molecule has 0 saturated carbocycles. The Balaban J connectivity index is 2.95. The van der Waals surface area contributed by atoms with E-state index in [1.165, 1.54) is 0 Å². The van der Waals surface area contributed by atoms with Gasteiger partial charge in [0.05, 0.1) is 5.52 Å². The van der Waals surface area contributed by atoms with Crippen LogP contribution < -0.4 is 0 Å². The Labute approximate surface area is 92.1 Å². The van der Waals surface area contributed by atoms with Gasteiger partial charge in [-0.2, -0.15) is 0 Å². The molecule has 4 heteroatoms. The Kier molecular flexibility index (Phi) is 2.37. The molecule has 0 saturated heterocycles. The van der Waals surface area contributed by atoms with Crippen LogP contribution in [-0.4, -0.2) is 9.67 Å². The van der Waals surface area contributed by atoms with Crippen LogP contribution >= 0.6 is 0 Å². The van der Waals surface area contributed by atoms with E-state index in [2.05, 4.69) is 0 Å². The topological polar surface area (TPSA) is 25.2 Å². The summed E-state index contributed by atoms with van der Waals surface area (Å²) >= 11 is 0. The van der Waals surface area contributed by atoms with Crippen molar-refractivity contribution in [3.63, 3.8) is 0 Å². The lowest BCUT2D eigenvalue weighted by atomic mass is 10.2. The van der Waals surface area contributed by atoms with Crippen LogP contribution in [0.25, 0.3) is 10.9 Å². The summed E-state index contributed by atoms with van der Waals surface area (Å²) in [6.45, 7) is 5.59. The summed E-state index contributed by atoms with van der Waals surface area (Å²) in [7, 11) is 0. The molecular weight excluding hydrogens is 212 g/mol. The summed E-state index contributed by atoms with van der Waals surface area (Å²) in [5, 5.41) is 9.34. The Morgan fingerprint density at radius 3 is 2.44 bits per heavy atom. The molecule has 0 unspecified atom stereocenters. The van der Waals surface area contributed by atoms with Crippen molar-refractivity contribution in [2.45, 2.75) is 26.8 Å². The number of benzene rings is 1. The highest BCUT2D eigenvalue weighted by atomic mass is 19.1. The molecule has 1 heterocycles. The molecule has 0 fully saturated rings. The fourth-order valence-electron chi connectivity index (χ4n) is 2.12. The first-order chi connectivity index (χ1) is 7.43. The third kappa shape index (κ3) is 1.37. The highest BCUT2D eigenvalue weighted by Crippen LogP contribution is 2.32. The average molecular weight is 225 g/mol. The predicted molar refractivity (Wildman–Crippen MR) is 58.6 cm³/mol. The first-order valence-corrected chi connectivity index (χ1v) is 5.12. The molecule has 1 aromatic heterocycles. The fraction of sp³-hybridized carbons (Fsp3) is 0.333. The molecule has 2 rings (SSSR count). The van der Waals surface area contributed by atoms with Crippen molar-refractivity contribution in [1.82, 2.24) is 4.57 Å². The third-order valence-electron chi connectivity index (χ3n) is 2.70. The van der Waals surface area contributed by atoms with Crippen LogP contribution in [0.4, 0.5) is 8.78 Å². The summed E-state index contributed by atoms with van der Waals surface area (Å²) in [6.07, 6.45) is 0. The fourth-order valence-corrected chi connectivity index (χ4v) is 2.12. The quantitative estimate of drug-likeness (QED) is 0.789. The molecule has 2 aromatic rings. The zero-order chi connectivity index (χ0) is 12.0. The van der Waals surface area contributed by atoms with Crippen LogP contribution in [0.5, 0.6) is 5.75 Å². The van der Waals surface area contributed by atoms with Gasteiger partial charge in [0.25, 0.3) is 0 Å². The Morgan fingerprint density at radius 2 is 1.88 bits per heavy atom. The summed E-state index contributed by atoms with van der Waals surface area (Å²) in [5.41, 5.74) is 0.983. The summed E-state index contributed by atoms with van der Waals surface area (Å²) in [5.74, 6) is -2.01. The van der Waals surface area contributed by atoms with E-state index < -0.39 is 17.4 Å². The maximum atomic E-state index is 13.7. The van der Waals surface area contributed by atoms with Crippen LogP contribution in [0.3, 0.4) is 0 Å². The molecule has 0 amide bonds. The van der Waals surface area contributed by atoms with Crippen LogP contribution in [-0.2, 0) is 0 Å². The van der Waals surface area contributed by atoms with Crippen LogP contribution in [0, 0.1) is 18.6 Å². The molecule has 1 N–H and O–H groups in total. The number of phenolic OH excluding ortho intramolecular Hbond substituents is 1. The van der Waals surface area contributed by atoms with E-state index in [1.807, 2.05) is 13.8 Å². The minimum atomic E-state index is -0.765. The zero-order valence-electron chi connectivity index (χ0n) is 9.38. The normalized spacial score (nSPS) is 11.6. The van der Waals surface area contributed by atoms with Gasteiger partial charge in [-0.3, -0.25) is 0 Å². The van der Waals surface area contributed by atoms with Gasteiger partial charge in [-0.05, 0) is 26.8 Å². The van der Waals surface area contributed by atoms with Gasteiger partial charge in [-0.1, -0.05) is 0 Å². The van der Waals surface area contributed by atoms with Gasteiger partial charge >= 0.3 is 0 Å². The highest BCUT2D eigenvalue weighted by Gasteiger charge is 2.18. The molecule has 86 valence electrons. The van der Waals surface area contributed by atoms with E-state index in [-0.39, 0.29) is 16.9 Å². The molecule has 16 heavy (non-hydrogen) atoms. The minimum Gasteiger partial charge on any atom is -0.505 e. The molecular formula is C12H13F2NO. The number of aromatic hydroxyl groups is 1. The molecule has 0 radical (unpaired) electrons. The maximum absolute atomic E-state index is 13.7. The summed E-state index contributed by atoms with van der Waals surface area (Å²) in [4.78, 5) is 0. The molecule has 2 nitrogen and oxygen atoms in total. The van der Waals surface area contributed by atoms with Gasteiger partial charge in [0.2, 0.25) is 0 Å². The number of fused-ring (bicyclic) bond motifs is 1. The Bertz CT molecular complexity index is 558. The summed E-state index contributed by atoms with van der Waals surface area (Å²) in [6, 6.07) is 2.40. The average Bonchev–Trinajstić information content (AvgIpc) is 2.52. The van der Waals surface area contributed by atoms with Crippen molar-refractivity contribution in [2.75, 3.05) is 0 Å². The number of hydrogen-bond acceptors (Lipinski definition) is 1. The zero-order valence-corrected chi connectivity index (χ0v) is 9.38. The van der Waals surface area contributed by atoms with Crippen molar-refractivity contribution in [3.05, 3.63) is 29.5 Å². The second-order valence-electron chi connectivity index (χ2n) is 4.20. The van der Waals surface area contributed by atoms with Crippen LogP contribution in [0.1, 0.15) is 25.6 Å². The Morgan fingerprint density at radius 1 is 1.25 bits per heavy atom. The second kappa shape index (κ2) is 3.47. The summed E-state index contributed by atoms with van der Waals surface area (Å²) < 4.78 is 29.0. The number of rotatable bonds is 1. The number of hydrogen-bond donors (Lipinski definition) is 1. The van der Waals surface area contributed by atoms with Crippen molar-refractivity contribution < 1.29 is 13.9 Å². The highest BCUT2D eigenvalue weighted by molar-refractivity contribution is 5.84. The van der Waals surface area contributed by atoms with E-state index in [9.17, 15) is 13.9 Å². The monoisotopic (exact) mass is 225 g/mol. The van der Waals surface area contributed by atoms with Crippen molar-refractivity contribution >= 4 is 10.9 Å². The molecule has 1 aromatic carbocycles. The number of aromatic nitrogens is 1. The lowest BCUT2D eigenvalue weighted by Crippen LogP contribution is -2.03. The lowest BCUT2D eigenvalue weighted by molar-refractivity contribution is 0.431. The number of nitrogens with zero attached hydrogens (tertiary/aromatic N) is 1. The molecule has 0 bridgehead atoms. The SMILES string of the molecule is Cc1cc2c(F)c(O)cc(F)c2n1C(C)C. The largest absolute Gasteiger partial charge is 0.505 e. The van der Waals surface area contributed by atoms with Crippen molar-refractivity contribution in [3.8, 4) is 5.75 Å². The van der Waals surface area contributed by atoms with Gasteiger partial charge < -0.3 is 9.67 Å². The minimum absolute atomic E-state index is 0.0379. The van der Waals surface area contributed by atoms with E-state index in [0.29, 0.717) is 0 Å². The standard InChI is InChI=1S/C12H13F2NO/c1-6(2)15-7(3)4-8-11(14)10(16)5-9(13)12(8)15/h4-6,16H,1-3H3. The van der Waals surface area contributed by atoms with Crippen LogP contribution in [0.15, 0.2) is 12.1 Å². The van der Waals surface area contributed by atoms with Crippen LogP contribution in [0.2, 0.25) is 0 Å².